The van der Waals surface area contributed by atoms with E-state index < -0.39 is 0 Å². The van der Waals surface area contributed by atoms with Gasteiger partial charge in [-0.05, 0) is 25.0 Å². The molecule has 3 heterocycles. The zero-order valence-electron chi connectivity index (χ0n) is 14.6. The molecule has 0 spiro atoms. The van der Waals surface area contributed by atoms with Gasteiger partial charge < -0.3 is 10.1 Å². The lowest BCUT2D eigenvalue weighted by Crippen LogP contribution is -2.25. The lowest BCUT2D eigenvalue weighted by Gasteiger charge is -2.28. The van der Waals surface area contributed by atoms with Gasteiger partial charge in [-0.15, -0.1) is 0 Å². The maximum absolute atomic E-state index is 12.9. The van der Waals surface area contributed by atoms with E-state index in [4.69, 9.17) is 4.74 Å². The van der Waals surface area contributed by atoms with Gasteiger partial charge in [-0.25, -0.2) is 4.79 Å². The summed E-state index contributed by atoms with van der Waals surface area (Å²) in [5.74, 6) is 0.213. The van der Waals surface area contributed by atoms with Crippen LogP contribution in [0.3, 0.4) is 0 Å². The van der Waals surface area contributed by atoms with E-state index in [0.29, 0.717) is 12.2 Å². The van der Waals surface area contributed by atoms with Crippen molar-refractivity contribution in [2.24, 2.45) is 0 Å². The lowest BCUT2D eigenvalue weighted by molar-refractivity contribution is -0.138. The van der Waals surface area contributed by atoms with Crippen LogP contribution >= 0.6 is 11.7 Å². The van der Waals surface area contributed by atoms with Gasteiger partial charge >= 0.3 is 5.97 Å². The van der Waals surface area contributed by atoms with Gasteiger partial charge in [0.1, 0.15) is 16.9 Å². The molecule has 1 unspecified atom stereocenters. The molecule has 8 heteroatoms. The first kappa shape index (κ1) is 16.7. The molecule has 1 aliphatic heterocycles. The minimum absolute atomic E-state index is 0.293. The predicted molar refractivity (Wildman–Crippen MR) is 100 cm³/mol. The van der Waals surface area contributed by atoms with Crippen molar-refractivity contribution in [3.8, 4) is 0 Å². The second-order valence-corrected chi connectivity index (χ2v) is 6.63. The SMILES string of the molecule is CCCC1=C(C(=O)OCC)C(c2cccc3nsnc23)c2cn[nH]c2N1. The quantitative estimate of drug-likeness (QED) is 0.668. The summed E-state index contributed by atoms with van der Waals surface area (Å²) in [5.41, 5.74) is 4.99. The topological polar surface area (TPSA) is 92.8 Å². The van der Waals surface area contributed by atoms with Gasteiger partial charge in [-0.2, -0.15) is 13.8 Å². The third-order valence-electron chi connectivity index (χ3n) is 4.49. The summed E-state index contributed by atoms with van der Waals surface area (Å²) < 4.78 is 14.2. The molecule has 0 aliphatic carbocycles. The Kier molecular flexibility index (Phi) is 4.42. The molecule has 0 saturated heterocycles. The first-order valence-electron chi connectivity index (χ1n) is 8.66. The number of rotatable bonds is 5. The minimum atomic E-state index is -0.305. The molecule has 0 radical (unpaired) electrons. The van der Waals surface area contributed by atoms with Crippen molar-refractivity contribution in [2.75, 3.05) is 11.9 Å². The zero-order chi connectivity index (χ0) is 18.1. The molecule has 0 amide bonds. The summed E-state index contributed by atoms with van der Waals surface area (Å²) in [7, 11) is 0. The number of ether oxygens (including phenoxy) is 1. The van der Waals surface area contributed by atoms with E-state index in [2.05, 4.69) is 31.2 Å². The number of esters is 1. The van der Waals surface area contributed by atoms with Crippen LogP contribution in [0.1, 0.15) is 43.7 Å². The summed E-state index contributed by atoms with van der Waals surface area (Å²) in [4.78, 5) is 12.9. The second-order valence-electron chi connectivity index (χ2n) is 6.10. The fourth-order valence-corrected chi connectivity index (χ4v) is 4.00. The van der Waals surface area contributed by atoms with Crippen molar-refractivity contribution in [2.45, 2.75) is 32.6 Å². The third kappa shape index (κ3) is 2.66. The highest BCUT2D eigenvalue weighted by Gasteiger charge is 2.36. The van der Waals surface area contributed by atoms with Crippen LogP contribution in [0, 0.1) is 0 Å². The van der Waals surface area contributed by atoms with Crippen molar-refractivity contribution < 1.29 is 9.53 Å². The molecule has 3 aromatic rings. The number of nitrogens with zero attached hydrogens (tertiary/aromatic N) is 3. The first-order valence-corrected chi connectivity index (χ1v) is 9.39. The van der Waals surface area contributed by atoms with Gasteiger partial charge in [-0.1, -0.05) is 25.5 Å². The maximum Gasteiger partial charge on any atom is 0.336 e. The van der Waals surface area contributed by atoms with Gasteiger partial charge in [0.2, 0.25) is 0 Å². The van der Waals surface area contributed by atoms with Crippen molar-refractivity contribution in [3.63, 3.8) is 0 Å². The molecule has 7 nitrogen and oxygen atoms in total. The number of aromatic amines is 1. The number of carbonyl (C=O) groups is 1. The number of nitrogens with one attached hydrogen (secondary N) is 2. The monoisotopic (exact) mass is 369 g/mol. The average Bonchev–Trinajstić information content (AvgIpc) is 3.29. The van der Waals surface area contributed by atoms with Crippen LogP contribution in [0.5, 0.6) is 0 Å². The number of anilines is 1. The van der Waals surface area contributed by atoms with Crippen molar-refractivity contribution in [1.29, 1.82) is 0 Å². The summed E-state index contributed by atoms with van der Waals surface area (Å²) in [6, 6.07) is 5.88. The number of allylic oxidation sites excluding steroid dienone is 1. The molecular weight excluding hydrogens is 350 g/mol. The molecule has 26 heavy (non-hydrogen) atoms. The van der Waals surface area contributed by atoms with Crippen LogP contribution in [0.25, 0.3) is 11.0 Å². The van der Waals surface area contributed by atoms with Gasteiger partial charge in [0.05, 0.1) is 36.0 Å². The number of aromatic nitrogens is 4. The standard InChI is InChI=1S/C18H19N5O2S/c1-3-6-12-15(18(24)25-4-2)14(11-9-19-21-17(11)20-12)10-7-5-8-13-16(10)23-26-22-13/h5,7-9,14H,3-4,6H2,1-2H3,(H2,19,20,21). The molecule has 1 aromatic carbocycles. The summed E-state index contributed by atoms with van der Waals surface area (Å²) in [5, 5.41) is 10.5. The van der Waals surface area contributed by atoms with Crippen molar-refractivity contribution in [3.05, 3.63) is 46.8 Å². The lowest BCUT2D eigenvalue weighted by atomic mass is 9.81. The highest BCUT2D eigenvalue weighted by molar-refractivity contribution is 7.00. The first-order chi connectivity index (χ1) is 12.7. The van der Waals surface area contributed by atoms with Crippen molar-refractivity contribution >= 4 is 34.5 Å². The van der Waals surface area contributed by atoms with Crippen LogP contribution in [0.4, 0.5) is 5.82 Å². The molecule has 0 fully saturated rings. The van der Waals surface area contributed by atoms with Gasteiger partial charge in [0.15, 0.2) is 0 Å². The predicted octanol–water partition coefficient (Wildman–Crippen LogP) is 3.59. The molecule has 1 aliphatic rings. The Bertz CT molecular complexity index is 990. The molecule has 1 atom stereocenters. The molecule has 0 bridgehead atoms. The number of hydrogen-bond donors (Lipinski definition) is 2. The maximum atomic E-state index is 12.9. The summed E-state index contributed by atoms with van der Waals surface area (Å²) >= 11 is 1.17. The summed E-state index contributed by atoms with van der Waals surface area (Å²) in [6.45, 7) is 4.23. The largest absolute Gasteiger partial charge is 0.463 e. The van der Waals surface area contributed by atoms with Gasteiger partial charge in [0, 0.05) is 11.3 Å². The van der Waals surface area contributed by atoms with E-state index in [0.717, 1.165) is 46.5 Å². The van der Waals surface area contributed by atoms with Crippen LogP contribution in [-0.2, 0) is 9.53 Å². The smallest absolute Gasteiger partial charge is 0.336 e. The Morgan fingerprint density at radius 3 is 2.96 bits per heavy atom. The highest BCUT2D eigenvalue weighted by atomic mass is 32.1. The fraction of sp³-hybridized carbons (Fsp3) is 0.333. The molecule has 4 rings (SSSR count). The number of H-pyrrole nitrogens is 1. The van der Waals surface area contributed by atoms with E-state index >= 15 is 0 Å². The van der Waals surface area contributed by atoms with Crippen LogP contribution < -0.4 is 5.32 Å². The third-order valence-corrected chi connectivity index (χ3v) is 5.04. The number of benzene rings is 1. The Morgan fingerprint density at radius 2 is 2.15 bits per heavy atom. The van der Waals surface area contributed by atoms with E-state index in [1.807, 2.05) is 25.1 Å². The molecule has 134 valence electrons. The van der Waals surface area contributed by atoms with E-state index in [-0.39, 0.29) is 11.9 Å². The minimum Gasteiger partial charge on any atom is -0.463 e. The van der Waals surface area contributed by atoms with E-state index in [1.54, 1.807) is 6.20 Å². The molecule has 2 N–H and O–H groups in total. The number of hydrogen-bond acceptors (Lipinski definition) is 7. The Hall–Kier alpha value is -2.74. The second kappa shape index (κ2) is 6.87. The highest BCUT2D eigenvalue weighted by Crippen LogP contribution is 2.43. The Labute approximate surface area is 154 Å². The zero-order valence-corrected chi connectivity index (χ0v) is 15.4. The van der Waals surface area contributed by atoms with Gasteiger partial charge in [-0.3, -0.25) is 5.10 Å². The molecule has 0 saturated carbocycles. The number of carbonyl (C=O) groups excluding carboxylic acids is 1. The fourth-order valence-electron chi connectivity index (χ4n) is 3.44. The Morgan fingerprint density at radius 1 is 1.27 bits per heavy atom. The number of fused-ring (bicyclic) bond motifs is 2. The normalized spacial score (nSPS) is 16.5. The van der Waals surface area contributed by atoms with Crippen LogP contribution in [0.2, 0.25) is 0 Å². The van der Waals surface area contributed by atoms with Crippen molar-refractivity contribution in [1.82, 2.24) is 18.9 Å². The molecule has 2 aromatic heterocycles. The Balaban J connectivity index is 1.96. The van der Waals surface area contributed by atoms with Crippen LogP contribution in [-0.4, -0.2) is 31.5 Å². The van der Waals surface area contributed by atoms with E-state index in [1.165, 1.54) is 11.7 Å². The summed E-state index contributed by atoms with van der Waals surface area (Å²) in [6.07, 6.45) is 3.41. The van der Waals surface area contributed by atoms with Gasteiger partial charge in [0.25, 0.3) is 0 Å². The van der Waals surface area contributed by atoms with Crippen LogP contribution in [0.15, 0.2) is 35.7 Å². The molecular formula is C18H19N5O2S. The van der Waals surface area contributed by atoms with E-state index in [9.17, 15) is 4.79 Å². The average molecular weight is 369 g/mol.